The van der Waals surface area contributed by atoms with E-state index in [9.17, 15) is 8.42 Å². The average Bonchev–Trinajstić information content (AvgIpc) is 2.91. The molecule has 2 aromatic rings. The molecule has 0 aliphatic heterocycles. The Labute approximate surface area is 115 Å². The van der Waals surface area contributed by atoms with Gasteiger partial charge in [-0.1, -0.05) is 5.16 Å². The van der Waals surface area contributed by atoms with Crippen molar-refractivity contribution in [2.45, 2.75) is 11.3 Å². The molecule has 0 spiro atoms. The van der Waals surface area contributed by atoms with Crippen LogP contribution in [0.4, 0.5) is 5.69 Å². The van der Waals surface area contributed by atoms with Gasteiger partial charge in [0.25, 0.3) is 0 Å². The van der Waals surface area contributed by atoms with Crippen molar-refractivity contribution in [2.75, 3.05) is 12.3 Å². The number of hydrogen-bond acceptors (Lipinski definition) is 7. The lowest BCUT2D eigenvalue weighted by atomic mass is 10.2. The molecule has 0 fully saturated rings. The summed E-state index contributed by atoms with van der Waals surface area (Å²) in [5.74, 6) is 0.394. The van der Waals surface area contributed by atoms with Crippen molar-refractivity contribution >= 4 is 15.7 Å². The zero-order valence-electron chi connectivity index (χ0n) is 10.3. The Morgan fingerprint density at radius 1 is 1.45 bits per heavy atom. The minimum atomic E-state index is -3.79. The largest absolute Gasteiger partial charge is 0.399 e. The van der Waals surface area contributed by atoms with Gasteiger partial charge in [-0.15, -0.1) is 0 Å². The molecule has 0 radical (unpaired) electrons. The number of nitrogens with two attached hydrogens (primary N) is 1. The minimum Gasteiger partial charge on any atom is -0.399 e. The molecule has 0 bridgehead atoms. The highest BCUT2D eigenvalue weighted by molar-refractivity contribution is 7.89. The highest BCUT2D eigenvalue weighted by Gasteiger charge is 2.18. The zero-order valence-corrected chi connectivity index (χ0v) is 11.1. The third kappa shape index (κ3) is 3.11. The quantitative estimate of drug-likeness (QED) is 0.743. The van der Waals surface area contributed by atoms with Crippen molar-refractivity contribution in [1.29, 1.82) is 5.26 Å². The number of benzene rings is 1. The van der Waals surface area contributed by atoms with Gasteiger partial charge in [-0.05, 0) is 18.2 Å². The second-order valence-corrected chi connectivity index (χ2v) is 5.60. The van der Waals surface area contributed by atoms with Crippen LogP contribution in [0.5, 0.6) is 0 Å². The number of anilines is 1. The van der Waals surface area contributed by atoms with E-state index >= 15 is 0 Å². The molecule has 0 amide bonds. The maximum atomic E-state index is 12.1. The van der Waals surface area contributed by atoms with Gasteiger partial charge in [-0.3, -0.25) is 0 Å². The van der Waals surface area contributed by atoms with Gasteiger partial charge in [0.1, 0.15) is 6.07 Å². The molecule has 1 aromatic heterocycles. The van der Waals surface area contributed by atoms with Crippen LogP contribution in [0, 0.1) is 11.3 Å². The molecule has 0 unspecified atom stereocenters. The third-order valence-corrected chi connectivity index (χ3v) is 3.98. The number of nitriles is 1. The fraction of sp³-hybridized carbons (Fsp3) is 0.182. The molecule has 0 aliphatic carbocycles. The Hall–Kier alpha value is -2.44. The van der Waals surface area contributed by atoms with Gasteiger partial charge in [0.2, 0.25) is 16.4 Å². The van der Waals surface area contributed by atoms with Crippen LogP contribution in [0.3, 0.4) is 0 Å². The van der Waals surface area contributed by atoms with Gasteiger partial charge >= 0.3 is 0 Å². The SMILES string of the molecule is N#Cc1cc(N)ccc1S(=O)(=O)NCCc1ncon1. The van der Waals surface area contributed by atoms with Crippen LogP contribution in [0.2, 0.25) is 0 Å². The molecule has 0 saturated carbocycles. The van der Waals surface area contributed by atoms with Crippen molar-refractivity contribution in [3.8, 4) is 6.07 Å². The van der Waals surface area contributed by atoms with Crippen LogP contribution < -0.4 is 10.5 Å². The highest BCUT2D eigenvalue weighted by atomic mass is 32.2. The zero-order chi connectivity index (χ0) is 14.6. The van der Waals surface area contributed by atoms with Crippen LogP contribution in [-0.2, 0) is 16.4 Å². The second kappa shape index (κ2) is 5.68. The highest BCUT2D eigenvalue weighted by Crippen LogP contribution is 2.17. The number of nitrogens with one attached hydrogen (secondary N) is 1. The van der Waals surface area contributed by atoms with E-state index in [-0.39, 0.29) is 23.4 Å². The Balaban J connectivity index is 2.12. The fourth-order valence-corrected chi connectivity index (χ4v) is 2.71. The summed E-state index contributed by atoms with van der Waals surface area (Å²) < 4.78 is 31.1. The Morgan fingerprint density at radius 3 is 2.90 bits per heavy atom. The fourth-order valence-electron chi connectivity index (χ4n) is 1.55. The molecule has 3 N–H and O–H groups in total. The first-order chi connectivity index (χ1) is 9.53. The van der Waals surface area contributed by atoms with Gasteiger partial charge in [-0.2, -0.15) is 10.2 Å². The molecule has 2 rings (SSSR count). The number of hydrogen-bond donors (Lipinski definition) is 2. The smallest absolute Gasteiger partial charge is 0.241 e. The molecular formula is C11H11N5O3S. The van der Waals surface area contributed by atoms with Gasteiger partial charge in [-0.25, -0.2) is 13.1 Å². The van der Waals surface area contributed by atoms with Crippen LogP contribution in [0.1, 0.15) is 11.4 Å². The first-order valence-corrected chi connectivity index (χ1v) is 7.06. The number of aromatic nitrogens is 2. The normalized spacial score (nSPS) is 11.2. The lowest BCUT2D eigenvalue weighted by Crippen LogP contribution is -2.27. The summed E-state index contributed by atoms with van der Waals surface area (Å²) in [7, 11) is -3.79. The molecule has 9 heteroatoms. The summed E-state index contributed by atoms with van der Waals surface area (Å²) in [5.41, 5.74) is 5.84. The molecule has 20 heavy (non-hydrogen) atoms. The topological polar surface area (TPSA) is 135 Å². The summed E-state index contributed by atoms with van der Waals surface area (Å²) >= 11 is 0. The van der Waals surface area contributed by atoms with Crippen molar-refractivity contribution in [3.05, 3.63) is 36.0 Å². The van der Waals surface area contributed by atoms with Gasteiger partial charge in [0.15, 0.2) is 5.82 Å². The Kier molecular flexibility index (Phi) is 3.97. The molecule has 0 aliphatic rings. The van der Waals surface area contributed by atoms with Crippen LogP contribution in [0.15, 0.2) is 34.0 Å². The molecule has 1 aromatic carbocycles. The third-order valence-electron chi connectivity index (χ3n) is 2.46. The maximum Gasteiger partial charge on any atom is 0.241 e. The number of rotatable bonds is 5. The van der Waals surface area contributed by atoms with E-state index in [1.54, 1.807) is 0 Å². The summed E-state index contributed by atoms with van der Waals surface area (Å²) in [5, 5.41) is 12.5. The average molecular weight is 293 g/mol. The van der Waals surface area contributed by atoms with Gasteiger partial charge < -0.3 is 10.3 Å². The molecule has 1 heterocycles. The first kappa shape index (κ1) is 14.0. The number of sulfonamides is 1. The van der Waals surface area contributed by atoms with Crippen molar-refractivity contribution < 1.29 is 12.9 Å². The molecule has 8 nitrogen and oxygen atoms in total. The van der Waals surface area contributed by atoms with Gasteiger partial charge in [0, 0.05) is 18.7 Å². The van der Waals surface area contributed by atoms with Crippen molar-refractivity contribution in [2.24, 2.45) is 0 Å². The second-order valence-electron chi connectivity index (χ2n) is 3.86. The summed E-state index contributed by atoms with van der Waals surface area (Å²) in [4.78, 5) is 3.66. The number of nitrogen functional groups attached to an aromatic ring is 1. The Bertz CT molecular complexity index is 734. The Morgan fingerprint density at radius 2 is 2.25 bits per heavy atom. The molecule has 104 valence electrons. The van der Waals surface area contributed by atoms with E-state index in [4.69, 9.17) is 11.0 Å². The maximum absolute atomic E-state index is 12.1. The van der Waals surface area contributed by atoms with Gasteiger partial charge in [0.05, 0.1) is 10.5 Å². The van der Waals surface area contributed by atoms with Crippen molar-refractivity contribution in [1.82, 2.24) is 14.9 Å². The summed E-state index contributed by atoms with van der Waals surface area (Å²) in [6.07, 6.45) is 1.45. The predicted molar refractivity (Wildman–Crippen MR) is 68.8 cm³/mol. The molecule has 0 saturated heterocycles. The van der Waals surface area contributed by atoms with Crippen LogP contribution in [0.25, 0.3) is 0 Å². The predicted octanol–water partition coefficient (Wildman–Crippen LogP) is 0.0445. The summed E-state index contributed by atoms with van der Waals surface area (Å²) in [6.45, 7) is 0.0944. The van der Waals surface area contributed by atoms with E-state index < -0.39 is 10.0 Å². The first-order valence-electron chi connectivity index (χ1n) is 5.57. The van der Waals surface area contributed by atoms with E-state index in [0.717, 1.165) is 6.39 Å². The lowest BCUT2D eigenvalue weighted by molar-refractivity contribution is 0.410. The molecular weight excluding hydrogens is 282 g/mol. The van der Waals surface area contributed by atoms with E-state index in [2.05, 4.69) is 19.4 Å². The monoisotopic (exact) mass is 293 g/mol. The standard InChI is InChI=1S/C11H11N5O3S/c12-6-8-5-9(13)1-2-10(8)20(17,18)15-4-3-11-14-7-19-16-11/h1-2,5,7,15H,3-4,13H2. The van der Waals surface area contributed by atoms with E-state index in [1.165, 1.54) is 18.2 Å². The van der Waals surface area contributed by atoms with Crippen LogP contribution >= 0.6 is 0 Å². The lowest BCUT2D eigenvalue weighted by Gasteiger charge is -2.07. The number of nitrogens with zero attached hydrogens (tertiary/aromatic N) is 3. The van der Waals surface area contributed by atoms with Crippen molar-refractivity contribution in [3.63, 3.8) is 0 Å². The minimum absolute atomic E-state index is 0.00272. The summed E-state index contributed by atoms with van der Waals surface area (Å²) in [6, 6.07) is 5.84. The van der Waals surface area contributed by atoms with E-state index in [0.29, 0.717) is 11.5 Å². The van der Waals surface area contributed by atoms with E-state index in [1.807, 2.05) is 6.07 Å². The van der Waals surface area contributed by atoms with Crippen LogP contribution in [-0.4, -0.2) is 25.1 Å². The molecule has 0 atom stereocenters.